The lowest BCUT2D eigenvalue weighted by Crippen LogP contribution is -2.32. The Balaban J connectivity index is 2.38. The highest BCUT2D eigenvalue weighted by atomic mass is 32.2. The van der Waals surface area contributed by atoms with Crippen LogP contribution >= 0.6 is 11.8 Å². The molecule has 0 radical (unpaired) electrons. The van der Waals surface area contributed by atoms with E-state index in [1.807, 2.05) is 0 Å². The van der Waals surface area contributed by atoms with E-state index in [4.69, 9.17) is 10.6 Å². The molecular weight excluding hydrogens is 258 g/mol. The molecule has 3 atom stereocenters. The second kappa shape index (κ2) is 5.30. The topological polar surface area (TPSA) is 124 Å². The summed E-state index contributed by atoms with van der Waals surface area (Å²) in [5.74, 6) is 0. The maximum Gasteiger partial charge on any atom is 0.329 e. The van der Waals surface area contributed by atoms with Gasteiger partial charge in [0.25, 0.3) is 5.56 Å². The highest BCUT2D eigenvalue weighted by Gasteiger charge is 2.35. The van der Waals surface area contributed by atoms with E-state index >= 15 is 0 Å². The molecule has 2 N–H and O–H groups in total. The third-order valence-corrected chi connectivity index (χ3v) is 4.24. The molecule has 0 aliphatic carbocycles. The number of hydrogen-bond acceptors (Lipinski definition) is 5. The Labute approximate surface area is 105 Å². The summed E-state index contributed by atoms with van der Waals surface area (Å²) in [6.07, 6.45) is 1.87. The van der Waals surface area contributed by atoms with Gasteiger partial charge >= 0.3 is 5.69 Å². The molecule has 1 aromatic heterocycles. The first kappa shape index (κ1) is 12.7. The molecule has 8 nitrogen and oxygen atoms in total. The van der Waals surface area contributed by atoms with Crippen LogP contribution in [0.25, 0.3) is 10.4 Å². The summed E-state index contributed by atoms with van der Waals surface area (Å²) in [5.41, 5.74) is 7.49. The first-order chi connectivity index (χ1) is 8.65. The fourth-order valence-corrected chi connectivity index (χ4v) is 3.33. The van der Waals surface area contributed by atoms with E-state index in [1.54, 1.807) is 0 Å². The highest BCUT2D eigenvalue weighted by Crippen LogP contribution is 2.42. The Morgan fingerprint density at radius 3 is 3.06 bits per heavy atom. The summed E-state index contributed by atoms with van der Waals surface area (Å²) >= 11 is 1.36. The smallest absolute Gasteiger partial charge is 0.329 e. The number of aliphatic hydroxyl groups is 1. The van der Waals surface area contributed by atoms with Crippen LogP contribution in [-0.2, 0) is 0 Å². The molecule has 0 bridgehead atoms. The van der Waals surface area contributed by atoms with Crippen LogP contribution < -0.4 is 11.2 Å². The SMILES string of the molecule is [N-]=[N+]=N[C@H]1C[C@H](CO)S[C@H]1n1ccc(=O)[nH]c1=O. The Morgan fingerprint density at radius 2 is 2.44 bits per heavy atom. The first-order valence-corrected chi connectivity index (χ1v) is 6.22. The number of thioether (sulfide) groups is 1. The van der Waals surface area contributed by atoms with E-state index in [0.29, 0.717) is 6.42 Å². The molecule has 1 saturated heterocycles. The minimum absolute atomic E-state index is 0.0449. The summed E-state index contributed by atoms with van der Waals surface area (Å²) in [4.78, 5) is 27.6. The van der Waals surface area contributed by atoms with Gasteiger partial charge in [0.1, 0.15) is 0 Å². The highest BCUT2D eigenvalue weighted by molar-refractivity contribution is 8.00. The summed E-state index contributed by atoms with van der Waals surface area (Å²) in [5, 5.41) is 12.3. The first-order valence-electron chi connectivity index (χ1n) is 5.27. The number of aliphatic hydroxyl groups excluding tert-OH is 1. The van der Waals surface area contributed by atoms with Crippen LogP contribution in [0.15, 0.2) is 27.0 Å². The molecule has 0 aromatic carbocycles. The zero-order chi connectivity index (χ0) is 13.1. The second-order valence-electron chi connectivity index (χ2n) is 3.86. The standard InChI is InChI=1S/C9H11N5O3S/c10-13-12-6-3-5(4-15)18-8(6)14-2-1-7(16)11-9(14)17/h1-2,5-6,8,15H,3-4H2,(H,11,16,17)/t5-,6+,8-/m1/s1. The van der Waals surface area contributed by atoms with Gasteiger partial charge in [0.15, 0.2) is 0 Å². The molecule has 0 saturated carbocycles. The van der Waals surface area contributed by atoms with Gasteiger partial charge in [0.2, 0.25) is 0 Å². The quantitative estimate of drug-likeness (QED) is 0.462. The zero-order valence-electron chi connectivity index (χ0n) is 9.26. The van der Waals surface area contributed by atoms with Crippen LogP contribution in [-0.4, -0.2) is 32.6 Å². The van der Waals surface area contributed by atoms with Gasteiger partial charge in [-0.2, -0.15) is 0 Å². The average Bonchev–Trinajstić information content (AvgIpc) is 2.73. The van der Waals surface area contributed by atoms with Crippen molar-refractivity contribution in [1.29, 1.82) is 0 Å². The minimum Gasteiger partial charge on any atom is -0.395 e. The van der Waals surface area contributed by atoms with Gasteiger partial charge in [-0.3, -0.25) is 14.3 Å². The largest absolute Gasteiger partial charge is 0.395 e. The van der Waals surface area contributed by atoms with E-state index < -0.39 is 22.7 Å². The van der Waals surface area contributed by atoms with Crippen molar-refractivity contribution in [3.05, 3.63) is 43.5 Å². The molecule has 1 aliphatic heterocycles. The summed E-state index contributed by atoms with van der Waals surface area (Å²) < 4.78 is 1.32. The van der Waals surface area contributed by atoms with Gasteiger partial charge in [-0.1, -0.05) is 5.11 Å². The van der Waals surface area contributed by atoms with Crippen molar-refractivity contribution >= 4 is 11.8 Å². The minimum atomic E-state index is -0.545. The van der Waals surface area contributed by atoms with Gasteiger partial charge in [-0.05, 0) is 12.0 Å². The van der Waals surface area contributed by atoms with Crippen LogP contribution in [0.3, 0.4) is 0 Å². The number of azide groups is 1. The number of aromatic nitrogens is 2. The van der Waals surface area contributed by atoms with Crippen LogP contribution in [0.5, 0.6) is 0 Å². The lowest BCUT2D eigenvalue weighted by atomic mass is 10.2. The summed E-state index contributed by atoms with van der Waals surface area (Å²) in [6.45, 7) is -0.0449. The number of nitrogens with one attached hydrogen (secondary N) is 1. The average molecular weight is 269 g/mol. The van der Waals surface area contributed by atoms with Crippen molar-refractivity contribution in [3.63, 3.8) is 0 Å². The van der Waals surface area contributed by atoms with Crippen LogP contribution in [0.1, 0.15) is 11.8 Å². The maximum absolute atomic E-state index is 11.7. The third kappa shape index (κ3) is 2.42. The van der Waals surface area contributed by atoms with E-state index in [2.05, 4.69) is 15.0 Å². The molecule has 2 rings (SSSR count). The fraction of sp³-hybridized carbons (Fsp3) is 0.556. The monoisotopic (exact) mass is 269 g/mol. The van der Waals surface area contributed by atoms with Crippen LogP contribution in [0.4, 0.5) is 0 Å². The normalized spacial score (nSPS) is 26.8. The van der Waals surface area contributed by atoms with Gasteiger partial charge in [0, 0.05) is 22.4 Å². The number of nitrogens with zero attached hydrogens (tertiary/aromatic N) is 4. The molecule has 1 fully saturated rings. The molecular formula is C9H11N5O3S. The molecule has 2 heterocycles. The van der Waals surface area contributed by atoms with Crippen molar-refractivity contribution in [2.75, 3.05) is 6.61 Å². The van der Waals surface area contributed by atoms with E-state index in [-0.39, 0.29) is 11.9 Å². The van der Waals surface area contributed by atoms with Gasteiger partial charge in [0.05, 0.1) is 18.0 Å². The Kier molecular flexibility index (Phi) is 3.75. The van der Waals surface area contributed by atoms with Crippen LogP contribution in [0, 0.1) is 0 Å². The molecule has 1 aliphatic rings. The fourth-order valence-electron chi connectivity index (χ4n) is 1.90. The maximum atomic E-state index is 11.7. The Hall–Kier alpha value is -1.70. The number of hydrogen-bond donors (Lipinski definition) is 2. The number of aromatic amines is 1. The number of rotatable bonds is 3. The van der Waals surface area contributed by atoms with Crippen molar-refractivity contribution in [2.24, 2.45) is 5.11 Å². The molecule has 0 unspecified atom stereocenters. The molecule has 96 valence electrons. The Morgan fingerprint density at radius 1 is 1.67 bits per heavy atom. The van der Waals surface area contributed by atoms with Crippen molar-refractivity contribution in [1.82, 2.24) is 9.55 Å². The molecule has 0 amide bonds. The van der Waals surface area contributed by atoms with Crippen molar-refractivity contribution in [2.45, 2.75) is 23.1 Å². The van der Waals surface area contributed by atoms with Crippen molar-refractivity contribution < 1.29 is 5.11 Å². The van der Waals surface area contributed by atoms with Gasteiger partial charge in [-0.15, -0.1) is 11.8 Å². The zero-order valence-corrected chi connectivity index (χ0v) is 10.1. The number of H-pyrrole nitrogens is 1. The predicted molar refractivity (Wildman–Crippen MR) is 66.4 cm³/mol. The van der Waals surface area contributed by atoms with Gasteiger partial charge in [-0.25, -0.2) is 4.79 Å². The molecule has 0 spiro atoms. The van der Waals surface area contributed by atoms with Gasteiger partial charge < -0.3 is 5.11 Å². The van der Waals surface area contributed by atoms with E-state index in [0.717, 1.165) is 0 Å². The molecule has 9 heteroatoms. The molecule has 18 heavy (non-hydrogen) atoms. The lowest BCUT2D eigenvalue weighted by molar-refractivity contribution is 0.289. The predicted octanol–water partition coefficient (Wildman–Crippen LogP) is 0.212. The summed E-state index contributed by atoms with van der Waals surface area (Å²) in [7, 11) is 0. The van der Waals surface area contributed by atoms with Crippen LogP contribution in [0.2, 0.25) is 0 Å². The lowest BCUT2D eigenvalue weighted by Gasteiger charge is -2.16. The second-order valence-corrected chi connectivity index (χ2v) is 5.28. The molecule has 1 aromatic rings. The summed E-state index contributed by atoms with van der Waals surface area (Å²) in [6, 6.07) is 0.822. The third-order valence-electron chi connectivity index (χ3n) is 2.69. The van der Waals surface area contributed by atoms with E-state index in [1.165, 1.54) is 28.6 Å². The van der Waals surface area contributed by atoms with Crippen molar-refractivity contribution in [3.8, 4) is 0 Å². The van der Waals surface area contributed by atoms with E-state index in [9.17, 15) is 9.59 Å². The Bertz CT molecular complexity index is 590.